The molecule has 1 saturated heterocycles. The third kappa shape index (κ3) is 4.79. The number of carbonyl (C=O) groups is 2. The lowest BCUT2D eigenvalue weighted by Crippen LogP contribution is -2.47. The molecule has 1 aromatic rings. The Kier molecular flexibility index (Phi) is 6.18. The summed E-state index contributed by atoms with van der Waals surface area (Å²) in [5.74, 6) is -1.21. The van der Waals surface area contributed by atoms with Gasteiger partial charge in [0.1, 0.15) is 6.04 Å². The quantitative estimate of drug-likeness (QED) is 0.795. The van der Waals surface area contributed by atoms with Crippen LogP contribution in [0.4, 0.5) is 0 Å². The molecule has 25 heavy (non-hydrogen) atoms. The highest BCUT2D eigenvalue weighted by molar-refractivity contribution is 7.89. The number of carboxylic acid groups (broad SMARTS) is 1. The summed E-state index contributed by atoms with van der Waals surface area (Å²) in [7, 11) is -3.62. The molecule has 0 radical (unpaired) electrons. The van der Waals surface area contributed by atoms with Crippen LogP contribution >= 0.6 is 0 Å². The van der Waals surface area contributed by atoms with E-state index in [4.69, 9.17) is 0 Å². The molecule has 1 aliphatic heterocycles. The van der Waals surface area contributed by atoms with Crippen LogP contribution in [-0.2, 0) is 14.8 Å². The van der Waals surface area contributed by atoms with E-state index in [2.05, 4.69) is 4.72 Å². The zero-order valence-corrected chi connectivity index (χ0v) is 15.3. The Bertz CT molecular complexity index is 728. The van der Waals surface area contributed by atoms with Crippen molar-refractivity contribution in [1.29, 1.82) is 0 Å². The molecule has 0 aliphatic carbocycles. The van der Waals surface area contributed by atoms with Gasteiger partial charge in [0, 0.05) is 18.7 Å². The van der Waals surface area contributed by atoms with E-state index in [1.54, 1.807) is 0 Å². The average molecular weight is 368 g/mol. The summed E-state index contributed by atoms with van der Waals surface area (Å²) in [5.41, 5.74) is 0.288. The number of nitrogens with zero attached hydrogens (tertiary/aromatic N) is 1. The first-order valence-corrected chi connectivity index (χ1v) is 9.84. The summed E-state index contributed by atoms with van der Waals surface area (Å²) in [6.45, 7) is 4.53. The molecule has 7 nitrogen and oxygen atoms in total. The number of likely N-dealkylation sites (tertiary alicyclic amines) is 1. The molecule has 1 heterocycles. The second-order valence-electron chi connectivity index (χ2n) is 6.62. The number of benzene rings is 1. The highest BCUT2D eigenvalue weighted by atomic mass is 32.2. The highest BCUT2D eigenvalue weighted by Crippen LogP contribution is 2.21. The normalized spacial score (nSPS) is 18.4. The predicted molar refractivity (Wildman–Crippen MR) is 92.8 cm³/mol. The van der Waals surface area contributed by atoms with Gasteiger partial charge >= 0.3 is 5.97 Å². The highest BCUT2D eigenvalue weighted by Gasteiger charge is 2.32. The van der Waals surface area contributed by atoms with Gasteiger partial charge < -0.3 is 10.0 Å². The van der Waals surface area contributed by atoms with Crippen LogP contribution in [0.15, 0.2) is 29.2 Å². The first-order chi connectivity index (χ1) is 11.7. The van der Waals surface area contributed by atoms with Crippen molar-refractivity contribution in [3.63, 3.8) is 0 Å². The van der Waals surface area contributed by atoms with Crippen molar-refractivity contribution in [3.05, 3.63) is 29.8 Å². The molecule has 2 rings (SSSR count). The van der Waals surface area contributed by atoms with Gasteiger partial charge in [-0.15, -0.1) is 0 Å². The molecule has 0 bridgehead atoms. The summed E-state index contributed by atoms with van der Waals surface area (Å²) in [4.78, 5) is 25.4. The predicted octanol–water partition coefficient (Wildman–Crippen LogP) is 1.70. The van der Waals surface area contributed by atoms with E-state index < -0.39 is 22.0 Å². The van der Waals surface area contributed by atoms with Crippen LogP contribution in [0.25, 0.3) is 0 Å². The van der Waals surface area contributed by atoms with Gasteiger partial charge in [-0.05, 0) is 49.4 Å². The molecule has 0 saturated carbocycles. The number of nitrogens with one attached hydrogen (secondary N) is 1. The van der Waals surface area contributed by atoms with Crippen molar-refractivity contribution in [2.45, 2.75) is 44.0 Å². The molecular formula is C17H24N2O5S. The second-order valence-corrected chi connectivity index (χ2v) is 8.39. The van der Waals surface area contributed by atoms with Gasteiger partial charge in [0.2, 0.25) is 10.0 Å². The van der Waals surface area contributed by atoms with Gasteiger partial charge in [0.05, 0.1) is 4.90 Å². The maximum atomic E-state index is 12.6. The van der Waals surface area contributed by atoms with Crippen molar-refractivity contribution in [3.8, 4) is 0 Å². The minimum absolute atomic E-state index is 0.0816. The fourth-order valence-corrected chi connectivity index (χ4v) is 3.95. The van der Waals surface area contributed by atoms with E-state index in [1.807, 2.05) is 13.8 Å². The number of piperidine rings is 1. The van der Waals surface area contributed by atoms with Crippen LogP contribution in [-0.4, -0.2) is 49.4 Å². The smallest absolute Gasteiger partial charge is 0.326 e. The Balaban J connectivity index is 2.16. The molecule has 1 aliphatic rings. The van der Waals surface area contributed by atoms with E-state index in [-0.39, 0.29) is 22.3 Å². The standard InChI is InChI=1S/C17H24N2O5S/c1-12(2)11-18-25(23,24)14-8-6-13(7-9-14)16(20)19-10-4-3-5-15(19)17(21)22/h6-9,12,15,18H,3-5,10-11H2,1-2H3,(H,21,22)/t15-/m1/s1. The Morgan fingerprint density at radius 3 is 2.44 bits per heavy atom. The molecule has 0 unspecified atom stereocenters. The number of carbonyl (C=O) groups excluding carboxylic acids is 1. The zero-order valence-electron chi connectivity index (χ0n) is 14.4. The number of aliphatic carboxylic acids is 1. The summed E-state index contributed by atoms with van der Waals surface area (Å²) in [5, 5.41) is 9.28. The molecule has 0 aromatic heterocycles. The Labute approximate surface area is 148 Å². The third-order valence-electron chi connectivity index (χ3n) is 4.14. The second kappa shape index (κ2) is 7.97. The first-order valence-electron chi connectivity index (χ1n) is 8.36. The van der Waals surface area contributed by atoms with E-state index in [0.29, 0.717) is 19.5 Å². The van der Waals surface area contributed by atoms with E-state index in [9.17, 15) is 23.1 Å². The molecule has 1 amide bonds. The monoisotopic (exact) mass is 368 g/mol. The Morgan fingerprint density at radius 2 is 1.88 bits per heavy atom. The van der Waals surface area contributed by atoms with Crippen LogP contribution in [0, 0.1) is 5.92 Å². The molecule has 1 aromatic carbocycles. The largest absolute Gasteiger partial charge is 0.480 e. The number of sulfonamides is 1. The van der Waals surface area contributed by atoms with Crippen molar-refractivity contribution >= 4 is 21.9 Å². The molecule has 0 spiro atoms. The number of hydrogen-bond donors (Lipinski definition) is 2. The lowest BCUT2D eigenvalue weighted by molar-refractivity contribution is -0.143. The zero-order chi connectivity index (χ0) is 18.6. The summed E-state index contributed by atoms with van der Waals surface area (Å²) >= 11 is 0. The van der Waals surface area contributed by atoms with Crippen LogP contribution in [0.3, 0.4) is 0 Å². The SMILES string of the molecule is CC(C)CNS(=O)(=O)c1ccc(C(=O)N2CCCC[C@@H]2C(=O)O)cc1. The van der Waals surface area contributed by atoms with Crippen molar-refractivity contribution in [2.24, 2.45) is 5.92 Å². The number of rotatable bonds is 6. The fraction of sp³-hybridized carbons (Fsp3) is 0.529. The van der Waals surface area contributed by atoms with Crippen LogP contribution < -0.4 is 4.72 Å². The number of carboxylic acids is 1. The van der Waals surface area contributed by atoms with Gasteiger partial charge in [-0.25, -0.2) is 17.9 Å². The van der Waals surface area contributed by atoms with Crippen LogP contribution in [0.2, 0.25) is 0 Å². The fourth-order valence-electron chi connectivity index (χ4n) is 2.73. The maximum absolute atomic E-state index is 12.6. The summed E-state index contributed by atoms with van der Waals surface area (Å²) in [6.07, 6.45) is 1.98. The lowest BCUT2D eigenvalue weighted by Gasteiger charge is -2.33. The number of amides is 1. The maximum Gasteiger partial charge on any atom is 0.326 e. The minimum Gasteiger partial charge on any atom is -0.480 e. The van der Waals surface area contributed by atoms with Gasteiger partial charge in [-0.2, -0.15) is 0 Å². The topological polar surface area (TPSA) is 104 Å². The van der Waals surface area contributed by atoms with Crippen molar-refractivity contribution in [1.82, 2.24) is 9.62 Å². The molecule has 138 valence electrons. The van der Waals surface area contributed by atoms with E-state index in [0.717, 1.165) is 12.8 Å². The third-order valence-corrected chi connectivity index (χ3v) is 5.58. The number of hydrogen-bond acceptors (Lipinski definition) is 4. The van der Waals surface area contributed by atoms with E-state index >= 15 is 0 Å². The van der Waals surface area contributed by atoms with Gasteiger partial charge in [0.15, 0.2) is 0 Å². The molecular weight excluding hydrogens is 344 g/mol. The van der Waals surface area contributed by atoms with Gasteiger partial charge in [0.25, 0.3) is 5.91 Å². The molecule has 2 N–H and O–H groups in total. The lowest BCUT2D eigenvalue weighted by atomic mass is 10.0. The van der Waals surface area contributed by atoms with E-state index in [1.165, 1.54) is 29.2 Å². The molecule has 1 fully saturated rings. The summed E-state index contributed by atoms with van der Waals surface area (Å²) in [6, 6.07) is 4.78. The van der Waals surface area contributed by atoms with Crippen molar-refractivity contribution < 1.29 is 23.1 Å². The Hall–Kier alpha value is -1.93. The van der Waals surface area contributed by atoms with Crippen LogP contribution in [0.5, 0.6) is 0 Å². The van der Waals surface area contributed by atoms with Crippen molar-refractivity contribution in [2.75, 3.05) is 13.1 Å². The Morgan fingerprint density at radius 1 is 1.24 bits per heavy atom. The first kappa shape index (κ1) is 19.4. The molecule has 8 heteroatoms. The average Bonchev–Trinajstić information content (AvgIpc) is 2.59. The van der Waals surface area contributed by atoms with Gasteiger partial charge in [-0.3, -0.25) is 4.79 Å². The molecule has 1 atom stereocenters. The van der Waals surface area contributed by atoms with Gasteiger partial charge in [-0.1, -0.05) is 13.8 Å². The summed E-state index contributed by atoms with van der Waals surface area (Å²) < 4.78 is 26.9. The minimum atomic E-state index is -3.62. The van der Waals surface area contributed by atoms with Crippen LogP contribution in [0.1, 0.15) is 43.5 Å².